The molecular formula is C14H15NO2S. The zero-order valence-corrected chi connectivity index (χ0v) is 11.2. The van der Waals surface area contributed by atoms with Crippen molar-refractivity contribution in [2.24, 2.45) is 0 Å². The number of hydrogen-bond acceptors (Lipinski definition) is 3. The maximum Gasteiger partial charge on any atom is 0.335 e. The normalized spacial score (nSPS) is 10.3. The maximum atomic E-state index is 10.9. The second-order valence-corrected chi connectivity index (χ2v) is 5.07. The molecule has 0 aliphatic carbocycles. The van der Waals surface area contributed by atoms with Gasteiger partial charge >= 0.3 is 5.97 Å². The smallest absolute Gasteiger partial charge is 0.335 e. The van der Waals surface area contributed by atoms with Crippen LogP contribution in [0.4, 0.5) is 5.69 Å². The van der Waals surface area contributed by atoms with E-state index in [9.17, 15) is 4.79 Å². The van der Waals surface area contributed by atoms with Gasteiger partial charge < -0.3 is 10.0 Å². The second-order valence-electron chi connectivity index (χ2n) is 4.29. The minimum absolute atomic E-state index is 0.334. The standard InChI is InChI=1S/C14H15NO2S/c1-10-7-12(14(16)17)3-4-13(10)15(2)8-11-5-6-18-9-11/h3-7,9H,8H2,1-2H3,(H,16,17). The van der Waals surface area contributed by atoms with Gasteiger partial charge in [-0.1, -0.05) is 0 Å². The van der Waals surface area contributed by atoms with Crippen LogP contribution in [0.15, 0.2) is 35.0 Å². The summed E-state index contributed by atoms with van der Waals surface area (Å²) < 4.78 is 0. The number of carbonyl (C=O) groups is 1. The van der Waals surface area contributed by atoms with Gasteiger partial charge in [0.05, 0.1) is 5.56 Å². The van der Waals surface area contributed by atoms with E-state index in [0.29, 0.717) is 5.56 Å². The van der Waals surface area contributed by atoms with E-state index >= 15 is 0 Å². The summed E-state index contributed by atoms with van der Waals surface area (Å²) in [6.07, 6.45) is 0. The summed E-state index contributed by atoms with van der Waals surface area (Å²) in [6.45, 7) is 2.77. The number of benzene rings is 1. The zero-order chi connectivity index (χ0) is 13.1. The molecule has 0 aliphatic rings. The molecule has 0 saturated carbocycles. The van der Waals surface area contributed by atoms with Crippen molar-refractivity contribution >= 4 is 23.0 Å². The molecular weight excluding hydrogens is 246 g/mol. The Morgan fingerprint density at radius 3 is 2.72 bits per heavy atom. The summed E-state index contributed by atoms with van der Waals surface area (Å²) in [5.74, 6) is -0.884. The fraction of sp³-hybridized carbons (Fsp3) is 0.214. The fourth-order valence-electron chi connectivity index (χ4n) is 1.96. The Bertz CT molecular complexity index is 549. The Hall–Kier alpha value is -1.81. The summed E-state index contributed by atoms with van der Waals surface area (Å²) >= 11 is 1.68. The van der Waals surface area contributed by atoms with Crippen LogP contribution in [0.3, 0.4) is 0 Å². The predicted octanol–water partition coefficient (Wildman–Crippen LogP) is 3.39. The number of rotatable bonds is 4. The Balaban J connectivity index is 2.20. The molecule has 0 spiro atoms. The molecule has 0 bridgehead atoms. The fourth-order valence-corrected chi connectivity index (χ4v) is 2.62. The average molecular weight is 261 g/mol. The van der Waals surface area contributed by atoms with E-state index in [4.69, 9.17) is 5.11 Å². The number of carboxylic acid groups (broad SMARTS) is 1. The van der Waals surface area contributed by atoms with Gasteiger partial charge in [0.25, 0.3) is 0 Å². The Morgan fingerprint density at radius 2 is 2.17 bits per heavy atom. The molecule has 2 rings (SSSR count). The monoisotopic (exact) mass is 261 g/mol. The van der Waals surface area contributed by atoms with Gasteiger partial charge in [0.2, 0.25) is 0 Å². The molecule has 0 saturated heterocycles. The number of aryl methyl sites for hydroxylation is 1. The van der Waals surface area contributed by atoms with E-state index < -0.39 is 5.97 Å². The van der Waals surface area contributed by atoms with Gasteiger partial charge in [-0.25, -0.2) is 4.79 Å². The molecule has 1 aromatic heterocycles. The summed E-state index contributed by atoms with van der Waals surface area (Å²) in [5.41, 5.74) is 3.64. The van der Waals surface area contributed by atoms with Crippen molar-refractivity contribution in [3.63, 3.8) is 0 Å². The van der Waals surface area contributed by atoms with E-state index in [1.807, 2.05) is 20.0 Å². The average Bonchev–Trinajstić information content (AvgIpc) is 2.81. The SMILES string of the molecule is Cc1cc(C(=O)O)ccc1N(C)Cc1ccsc1. The van der Waals surface area contributed by atoms with Crippen molar-refractivity contribution in [3.8, 4) is 0 Å². The first-order chi connectivity index (χ1) is 8.58. The minimum atomic E-state index is -0.884. The van der Waals surface area contributed by atoms with Crippen LogP contribution in [-0.2, 0) is 6.54 Å². The van der Waals surface area contributed by atoms with Crippen LogP contribution in [0, 0.1) is 6.92 Å². The number of anilines is 1. The maximum absolute atomic E-state index is 10.9. The molecule has 0 fully saturated rings. The number of thiophene rings is 1. The number of carboxylic acids is 1. The number of aromatic carboxylic acids is 1. The lowest BCUT2D eigenvalue weighted by atomic mass is 10.1. The van der Waals surface area contributed by atoms with Crippen LogP contribution in [0.5, 0.6) is 0 Å². The molecule has 1 aromatic carbocycles. The minimum Gasteiger partial charge on any atom is -0.478 e. The Morgan fingerprint density at radius 1 is 1.39 bits per heavy atom. The third kappa shape index (κ3) is 2.71. The zero-order valence-electron chi connectivity index (χ0n) is 10.4. The lowest BCUT2D eigenvalue weighted by molar-refractivity contribution is 0.0697. The summed E-state index contributed by atoms with van der Waals surface area (Å²) in [7, 11) is 2.01. The van der Waals surface area contributed by atoms with Gasteiger partial charge in [-0.2, -0.15) is 11.3 Å². The largest absolute Gasteiger partial charge is 0.478 e. The molecule has 2 aromatic rings. The van der Waals surface area contributed by atoms with E-state index in [1.165, 1.54) is 5.56 Å². The molecule has 0 unspecified atom stereocenters. The Kier molecular flexibility index (Phi) is 3.67. The predicted molar refractivity (Wildman–Crippen MR) is 74.6 cm³/mol. The number of hydrogen-bond donors (Lipinski definition) is 1. The van der Waals surface area contributed by atoms with E-state index in [1.54, 1.807) is 23.5 Å². The van der Waals surface area contributed by atoms with Crippen molar-refractivity contribution in [1.82, 2.24) is 0 Å². The molecule has 0 aliphatic heterocycles. The Labute approximate surface area is 110 Å². The summed E-state index contributed by atoms with van der Waals surface area (Å²) in [6, 6.07) is 7.32. The molecule has 18 heavy (non-hydrogen) atoms. The first kappa shape index (κ1) is 12.6. The highest BCUT2D eigenvalue weighted by molar-refractivity contribution is 7.07. The molecule has 0 radical (unpaired) electrons. The lowest BCUT2D eigenvalue weighted by Crippen LogP contribution is -2.17. The molecule has 1 heterocycles. The van der Waals surface area contributed by atoms with Gasteiger partial charge in [-0.3, -0.25) is 0 Å². The third-order valence-corrected chi connectivity index (χ3v) is 3.59. The highest BCUT2D eigenvalue weighted by Crippen LogP contribution is 2.22. The van der Waals surface area contributed by atoms with Crippen molar-refractivity contribution < 1.29 is 9.90 Å². The summed E-state index contributed by atoms with van der Waals surface area (Å²) in [4.78, 5) is 13.0. The molecule has 4 heteroatoms. The van der Waals surface area contributed by atoms with Crippen LogP contribution in [-0.4, -0.2) is 18.1 Å². The molecule has 94 valence electrons. The van der Waals surface area contributed by atoms with Crippen molar-refractivity contribution in [2.45, 2.75) is 13.5 Å². The topological polar surface area (TPSA) is 40.5 Å². The van der Waals surface area contributed by atoms with Crippen LogP contribution in [0.2, 0.25) is 0 Å². The van der Waals surface area contributed by atoms with Crippen molar-refractivity contribution in [2.75, 3.05) is 11.9 Å². The van der Waals surface area contributed by atoms with E-state index in [-0.39, 0.29) is 0 Å². The second kappa shape index (κ2) is 5.23. The van der Waals surface area contributed by atoms with Crippen LogP contribution >= 0.6 is 11.3 Å². The van der Waals surface area contributed by atoms with Crippen LogP contribution in [0.1, 0.15) is 21.5 Å². The first-order valence-electron chi connectivity index (χ1n) is 5.64. The van der Waals surface area contributed by atoms with Gasteiger partial charge in [0.15, 0.2) is 0 Å². The van der Waals surface area contributed by atoms with E-state index in [2.05, 4.69) is 21.7 Å². The van der Waals surface area contributed by atoms with Gasteiger partial charge in [-0.05, 0) is 53.1 Å². The van der Waals surface area contributed by atoms with Gasteiger partial charge in [0, 0.05) is 19.3 Å². The highest BCUT2D eigenvalue weighted by Gasteiger charge is 2.09. The molecule has 0 amide bonds. The third-order valence-electron chi connectivity index (χ3n) is 2.85. The molecule has 0 atom stereocenters. The quantitative estimate of drug-likeness (QED) is 0.917. The van der Waals surface area contributed by atoms with Crippen molar-refractivity contribution in [1.29, 1.82) is 0 Å². The van der Waals surface area contributed by atoms with Gasteiger partial charge in [-0.15, -0.1) is 0 Å². The van der Waals surface area contributed by atoms with E-state index in [0.717, 1.165) is 17.8 Å². The molecule has 1 N–H and O–H groups in total. The van der Waals surface area contributed by atoms with Crippen LogP contribution < -0.4 is 4.90 Å². The lowest BCUT2D eigenvalue weighted by Gasteiger charge is -2.21. The first-order valence-corrected chi connectivity index (χ1v) is 6.58. The number of nitrogens with zero attached hydrogens (tertiary/aromatic N) is 1. The molecule has 3 nitrogen and oxygen atoms in total. The van der Waals surface area contributed by atoms with Gasteiger partial charge in [0.1, 0.15) is 0 Å². The highest BCUT2D eigenvalue weighted by atomic mass is 32.1. The van der Waals surface area contributed by atoms with Crippen molar-refractivity contribution in [3.05, 3.63) is 51.7 Å². The summed E-state index contributed by atoms with van der Waals surface area (Å²) in [5, 5.41) is 13.1. The van der Waals surface area contributed by atoms with Crippen LogP contribution in [0.25, 0.3) is 0 Å².